The maximum absolute atomic E-state index is 12.1. The van der Waals surface area contributed by atoms with Gasteiger partial charge in [0.05, 0.1) is 6.54 Å². The van der Waals surface area contributed by atoms with Crippen LogP contribution < -0.4 is 11.1 Å². The first-order valence-corrected chi connectivity index (χ1v) is 7.53. The number of amides is 2. The fourth-order valence-electron chi connectivity index (χ4n) is 2.29. The van der Waals surface area contributed by atoms with Gasteiger partial charge in [-0.25, -0.2) is 0 Å². The van der Waals surface area contributed by atoms with Gasteiger partial charge in [-0.15, -0.1) is 0 Å². The van der Waals surface area contributed by atoms with E-state index in [-0.39, 0.29) is 11.9 Å². The molecule has 1 aliphatic heterocycles. The molecule has 0 aromatic heterocycles. The van der Waals surface area contributed by atoms with Crippen molar-refractivity contribution < 1.29 is 9.59 Å². The number of primary amides is 1. The van der Waals surface area contributed by atoms with Gasteiger partial charge in [-0.1, -0.05) is 26.5 Å². The molecule has 1 heterocycles. The summed E-state index contributed by atoms with van der Waals surface area (Å²) in [6, 6.07) is 5.36. The fraction of sp³-hybridized carbons (Fsp3) is 0.412. The quantitative estimate of drug-likeness (QED) is 0.899. The molecule has 1 aromatic carbocycles. The van der Waals surface area contributed by atoms with Gasteiger partial charge in [0.2, 0.25) is 11.8 Å². The van der Waals surface area contributed by atoms with E-state index < -0.39 is 5.91 Å². The zero-order valence-corrected chi connectivity index (χ0v) is 13.8. The second-order valence-corrected chi connectivity index (χ2v) is 5.18. The monoisotopic (exact) mass is 303 g/mol. The summed E-state index contributed by atoms with van der Waals surface area (Å²) in [5.41, 5.74) is 7.64. The number of rotatable bonds is 3. The van der Waals surface area contributed by atoms with Crippen molar-refractivity contribution in [2.45, 2.75) is 46.7 Å². The number of carbonyl (C=O) groups excluding carboxylic acids is 2. The molecule has 120 valence electrons. The minimum Gasteiger partial charge on any atom is -0.369 e. The largest absolute Gasteiger partial charge is 0.369 e. The summed E-state index contributed by atoms with van der Waals surface area (Å²) in [6.45, 7) is 12.2. The van der Waals surface area contributed by atoms with Crippen molar-refractivity contribution in [1.82, 2.24) is 10.2 Å². The van der Waals surface area contributed by atoms with Crippen LogP contribution >= 0.6 is 0 Å². The molecule has 22 heavy (non-hydrogen) atoms. The van der Waals surface area contributed by atoms with Crippen LogP contribution in [0.4, 0.5) is 0 Å². The number of aryl methyl sites for hydroxylation is 1. The minimum atomic E-state index is -0.471. The standard InChI is InChI=1S/C15H19N3O2.C2H6/c1-9-4-5-12(15(16)20)7-13(9)8-18-11(3)17-10(2)6-14(18)19;1-2/h4-5,7,10,17H,3,6,8H2,1-2H3,(H2,16,20);1-2H3. The van der Waals surface area contributed by atoms with Gasteiger partial charge in [0.25, 0.3) is 0 Å². The van der Waals surface area contributed by atoms with Crippen LogP contribution in [0.1, 0.15) is 48.7 Å². The molecule has 1 saturated heterocycles. The molecule has 0 saturated carbocycles. The molecule has 0 spiro atoms. The predicted molar refractivity (Wildman–Crippen MR) is 87.9 cm³/mol. The predicted octanol–water partition coefficient (Wildman–Crippen LogP) is 2.30. The highest BCUT2D eigenvalue weighted by Gasteiger charge is 2.26. The molecular formula is C17H25N3O2. The zero-order chi connectivity index (χ0) is 16.9. The first-order chi connectivity index (χ1) is 10.4. The summed E-state index contributed by atoms with van der Waals surface area (Å²) >= 11 is 0. The number of carbonyl (C=O) groups is 2. The Balaban J connectivity index is 0.00000116. The highest BCUT2D eigenvalue weighted by atomic mass is 16.2. The van der Waals surface area contributed by atoms with E-state index in [9.17, 15) is 9.59 Å². The van der Waals surface area contributed by atoms with E-state index in [0.29, 0.717) is 24.4 Å². The molecule has 3 N–H and O–H groups in total. The molecule has 0 aliphatic carbocycles. The molecule has 2 amide bonds. The van der Waals surface area contributed by atoms with Gasteiger partial charge < -0.3 is 11.1 Å². The van der Waals surface area contributed by atoms with E-state index in [1.807, 2.05) is 33.8 Å². The Bertz CT molecular complexity index is 563. The Morgan fingerprint density at radius 2 is 2.09 bits per heavy atom. The maximum Gasteiger partial charge on any atom is 0.248 e. The first kappa shape index (κ1) is 17.8. The SMILES string of the molecule is C=C1NC(C)CC(=O)N1Cc1cc(C(N)=O)ccc1C.CC. The smallest absolute Gasteiger partial charge is 0.248 e. The Morgan fingerprint density at radius 1 is 1.45 bits per heavy atom. The van der Waals surface area contributed by atoms with Crippen LogP contribution in [-0.4, -0.2) is 22.8 Å². The lowest BCUT2D eigenvalue weighted by molar-refractivity contribution is -0.132. The van der Waals surface area contributed by atoms with Crippen molar-refractivity contribution in [1.29, 1.82) is 0 Å². The second kappa shape index (κ2) is 7.64. The highest BCUT2D eigenvalue weighted by Crippen LogP contribution is 2.19. The Labute approximate surface area is 132 Å². The molecule has 1 aromatic rings. The van der Waals surface area contributed by atoms with Crippen LogP contribution in [0.3, 0.4) is 0 Å². The van der Waals surface area contributed by atoms with Gasteiger partial charge >= 0.3 is 0 Å². The summed E-state index contributed by atoms with van der Waals surface area (Å²) in [5, 5.41) is 3.16. The molecule has 1 atom stereocenters. The van der Waals surface area contributed by atoms with E-state index in [4.69, 9.17) is 5.73 Å². The summed E-state index contributed by atoms with van der Waals surface area (Å²) in [6.07, 6.45) is 0.438. The second-order valence-electron chi connectivity index (χ2n) is 5.18. The molecule has 1 unspecified atom stereocenters. The van der Waals surface area contributed by atoms with Crippen molar-refractivity contribution >= 4 is 11.8 Å². The highest BCUT2D eigenvalue weighted by molar-refractivity contribution is 5.93. The number of hydrogen-bond donors (Lipinski definition) is 2. The van der Waals surface area contributed by atoms with Gasteiger partial charge in [0.1, 0.15) is 5.82 Å². The number of nitrogens with one attached hydrogen (secondary N) is 1. The van der Waals surface area contributed by atoms with Crippen LogP contribution in [0.15, 0.2) is 30.6 Å². The third-order valence-corrected chi connectivity index (χ3v) is 3.48. The minimum absolute atomic E-state index is 0.0325. The van der Waals surface area contributed by atoms with Crippen LogP contribution in [0.25, 0.3) is 0 Å². The van der Waals surface area contributed by atoms with Crippen molar-refractivity contribution in [3.63, 3.8) is 0 Å². The van der Waals surface area contributed by atoms with E-state index in [0.717, 1.165) is 11.1 Å². The topological polar surface area (TPSA) is 75.4 Å². The van der Waals surface area contributed by atoms with Gasteiger partial charge in [0, 0.05) is 18.0 Å². The molecule has 1 aliphatic rings. The van der Waals surface area contributed by atoms with Gasteiger partial charge in [-0.3, -0.25) is 14.5 Å². The zero-order valence-electron chi connectivity index (χ0n) is 13.8. The molecule has 0 radical (unpaired) electrons. The van der Waals surface area contributed by atoms with Crippen LogP contribution in [0.5, 0.6) is 0 Å². The van der Waals surface area contributed by atoms with E-state index >= 15 is 0 Å². The summed E-state index contributed by atoms with van der Waals surface area (Å²) in [7, 11) is 0. The molecule has 2 rings (SSSR count). The van der Waals surface area contributed by atoms with Crippen LogP contribution in [0.2, 0.25) is 0 Å². The molecule has 5 heteroatoms. The molecule has 0 bridgehead atoms. The molecular weight excluding hydrogens is 278 g/mol. The lowest BCUT2D eigenvalue weighted by atomic mass is 10.0. The lowest BCUT2D eigenvalue weighted by Gasteiger charge is -2.34. The first-order valence-electron chi connectivity index (χ1n) is 7.53. The van der Waals surface area contributed by atoms with E-state index in [2.05, 4.69) is 11.9 Å². The Morgan fingerprint density at radius 3 is 2.64 bits per heavy atom. The maximum atomic E-state index is 12.1. The van der Waals surface area contributed by atoms with Crippen LogP contribution in [-0.2, 0) is 11.3 Å². The fourth-order valence-corrected chi connectivity index (χ4v) is 2.29. The third-order valence-electron chi connectivity index (χ3n) is 3.48. The van der Waals surface area contributed by atoms with Crippen molar-refractivity contribution in [3.05, 3.63) is 47.3 Å². The Kier molecular flexibility index (Phi) is 6.16. The molecule has 5 nitrogen and oxygen atoms in total. The summed E-state index contributed by atoms with van der Waals surface area (Å²) in [4.78, 5) is 24.9. The third kappa shape index (κ3) is 4.10. The average molecular weight is 303 g/mol. The number of nitrogens with two attached hydrogens (primary N) is 1. The summed E-state index contributed by atoms with van der Waals surface area (Å²) < 4.78 is 0. The van der Waals surface area contributed by atoms with Crippen molar-refractivity contribution in [2.24, 2.45) is 5.73 Å². The lowest BCUT2D eigenvalue weighted by Crippen LogP contribution is -2.46. The van der Waals surface area contributed by atoms with Gasteiger partial charge in [-0.2, -0.15) is 0 Å². The normalized spacial score (nSPS) is 17.5. The summed E-state index contributed by atoms with van der Waals surface area (Å²) in [5.74, 6) is 0.157. The van der Waals surface area contributed by atoms with Gasteiger partial charge in [0.15, 0.2) is 0 Å². The van der Waals surface area contributed by atoms with E-state index in [1.165, 1.54) is 0 Å². The van der Waals surface area contributed by atoms with Gasteiger partial charge in [-0.05, 0) is 37.1 Å². The number of hydrogen-bond acceptors (Lipinski definition) is 3. The van der Waals surface area contributed by atoms with Crippen LogP contribution in [0, 0.1) is 6.92 Å². The van der Waals surface area contributed by atoms with Crippen molar-refractivity contribution in [3.8, 4) is 0 Å². The van der Waals surface area contributed by atoms with E-state index in [1.54, 1.807) is 17.0 Å². The number of nitrogens with zero attached hydrogens (tertiary/aromatic N) is 1. The molecule has 1 fully saturated rings. The average Bonchev–Trinajstić information content (AvgIpc) is 2.46. The Hall–Kier alpha value is -2.30. The number of benzene rings is 1. The van der Waals surface area contributed by atoms with Crippen molar-refractivity contribution in [2.75, 3.05) is 0 Å².